The van der Waals surface area contributed by atoms with Gasteiger partial charge in [0, 0.05) is 26.3 Å². The van der Waals surface area contributed by atoms with Crippen LogP contribution in [0.25, 0.3) is 0 Å². The summed E-state index contributed by atoms with van der Waals surface area (Å²) in [6.45, 7) is 6.30. The highest BCUT2D eigenvalue weighted by Crippen LogP contribution is 2.31. The van der Waals surface area contributed by atoms with Crippen molar-refractivity contribution >= 4 is 0 Å². The Morgan fingerprint density at radius 2 is 2.24 bits per heavy atom. The Bertz CT molecular complexity index is 246. The van der Waals surface area contributed by atoms with Crippen LogP contribution in [-0.4, -0.2) is 56.5 Å². The van der Waals surface area contributed by atoms with Gasteiger partial charge in [0.05, 0.1) is 18.2 Å². The third kappa shape index (κ3) is 2.99. The number of nitrogens with zero attached hydrogens (tertiary/aromatic N) is 1. The van der Waals surface area contributed by atoms with E-state index in [9.17, 15) is 0 Å². The summed E-state index contributed by atoms with van der Waals surface area (Å²) in [4.78, 5) is 2.33. The molecule has 100 valence electrons. The average Bonchev–Trinajstić information content (AvgIpc) is 3.07. The van der Waals surface area contributed by atoms with Gasteiger partial charge in [-0.3, -0.25) is 4.90 Å². The number of rotatable bonds is 7. The Morgan fingerprint density at radius 1 is 1.47 bits per heavy atom. The largest absolute Gasteiger partial charge is 0.380 e. The fourth-order valence-electron chi connectivity index (χ4n) is 2.65. The Hall–Kier alpha value is -0.160. The molecule has 2 rings (SSSR count). The molecule has 0 aromatic rings. The van der Waals surface area contributed by atoms with Crippen molar-refractivity contribution in [2.24, 2.45) is 11.7 Å². The van der Waals surface area contributed by atoms with E-state index < -0.39 is 0 Å². The summed E-state index contributed by atoms with van der Waals surface area (Å²) >= 11 is 0. The molecule has 1 saturated carbocycles. The maximum Gasteiger partial charge on any atom is 0.0743 e. The van der Waals surface area contributed by atoms with Crippen LogP contribution in [0, 0.1) is 5.92 Å². The first-order chi connectivity index (χ1) is 8.19. The lowest BCUT2D eigenvalue weighted by atomic mass is 9.90. The van der Waals surface area contributed by atoms with Crippen molar-refractivity contribution in [2.45, 2.75) is 37.8 Å². The number of hydrogen-bond donors (Lipinski definition) is 1. The smallest absolute Gasteiger partial charge is 0.0743 e. The molecular formula is C13H26N2O2. The van der Waals surface area contributed by atoms with E-state index >= 15 is 0 Å². The van der Waals surface area contributed by atoms with Gasteiger partial charge in [0.15, 0.2) is 0 Å². The molecule has 0 aromatic heterocycles. The Balaban J connectivity index is 1.73. The lowest BCUT2D eigenvalue weighted by molar-refractivity contribution is 0.0104. The first kappa shape index (κ1) is 13.3. The predicted molar refractivity (Wildman–Crippen MR) is 68.0 cm³/mol. The number of ether oxygens (including phenoxy) is 2. The number of likely N-dealkylation sites (N-methyl/N-ethyl adjacent to an activating group) is 1. The fraction of sp³-hybridized carbons (Fsp3) is 1.00. The second-order valence-electron chi connectivity index (χ2n) is 5.51. The fourth-order valence-corrected chi connectivity index (χ4v) is 2.65. The highest BCUT2D eigenvalue weighted by Gasteiger charge is 2.43. The molecule has 2 fully saturated rings. The third-order valence-corrected chi connectivity index (χ3v) is 4.39. The molecule has 2 N–H and O–H groups in total. The Morgan fingerprint density at radius 3 is 2.76 bits per heavy atom. The van der Waals surface area contributed by atoms with E-state index in [-0.39, 0.29) is 11.6 Å². The lowest BCUT2D eigenvalue weighted by Gasteiger charge is -2.40. The summed E-state index contributed by atoms with van der Waals surface area (Å²) in [6, 6.07) is 0. The minimum atomic E-state index is 0.0168. The van der Waals surface area contributed by atoms with Gasteiger partial charge in [-0.2, -0.15) is 0 Å². The van der Waals surface area contributed by atoms with E-state index in [0.29, 0.717) is 6.54 Å². The highest BCUT2D eigenvalue weighted by molar-refractivity contribution is 4.99. The average molecular weight is 242 g/mol. The van der Waals surface area contributed by atoms with E-state index in [0.717, 1.165) is 38.7 Å². The van der Waals surface area contributed by atoms with E-state index in [1.807, 2.05) is 0 Å². The van der Waals surface area contributed by atoms with Crippen LogP contribution in [0.3, 0.4) is 0 Å². The summed E-state index contributed by atoms with van der Waals surface area (Å²) in [6.07, 6.45) is 3.96. The van der Waals surface area contributed by atoms with Crippen molar-refractivity contribution in [2.75, 3.05) is 40.0 Å². The van der Waals surface area contributed by atoms with Gasteiger partial charge < -0.3 is 15.2 Å². The van der Waals surface area contributed by atoms with Crippen molar-refractivity contribution in [1.82, 2.24) is 4.90 Å². The number of nitrogens with two attached hydrogens (primary N) is 1. The molecule has 1 saturated heterocycles. The maximum absolute atomic E-state index is 5.96. The lowest BCUT2D eigenvalue weighted by Crippen LogP contribution is -2.57. The summed E-state index contributed by atoms with van der Waals surface area (Å²) in [7, 11) is 2.14. The van der Waals surface area contributed by atoms with E-state index in [1.165, 1.54) is 12.8 Å². The molecule has 0 spiro atoms. The van der Waals surface area contributed by atoms with Gasteiger partial charge >= 0.3 is 0 Å². The van der Waals surface area contributed by atoms with Crippen LogP contribution >= 0.6 is 0 Å². The number of hydrogen-bond acceptors (Lipinski definition) is 4. The second kappa shape index (κ2) is 5.65. The van der Waals surface area contributed by atoms with E-state index in [1.54, 1.807) is 0 Å². The molecule has 1 aliphatic carbocycles. The zero-order chi connectivity index (χ0) is 12.3. The molecule has 0 amide bonds. The van der Waals surface area contributed by atoms with Crippen LogP contribution in [0.1, 0.15) is 26.2 Å². The van der Waals surface area contributed by atoms with Crippen molar-refractivity contribution in [1.29, 1.82) is 0 Å². The standard InChI is InChI=1S/C13H26N2O2/c1-11-13(10-14,5-7-17-11)15(2)6-8-16-9-12-3-4-12/h11-12H,3-10,14H2,1-2H3. The van der Waals surface area contributed by atoms with Crippen molar-refractivity contribution in [3.63, 3.8) is 0 Å². The normalized spacial score (nSPS) is 33.5. The zero-order valence-electron chi connectivity index (χ0n) is 11.2. The van der Waals surface area contributed by atoms with Crippen LogP contribution in [0.2, 0.25) is 0 Å². The maximum atomic E-state index is 5.96. The van der Waals surface area contributed by atoms with E-state index in [4.69, 9.17) is 15.2 Å². The highest BCUT2D eigenvalue weighted by atomic mass is 16.5. The van der Waals surface area contributed by atoms with Crippen molar-refractivity contribution in [3.8, 4) is 0 Å². The van der Waals surface area contributed by atoms with Crippen molar-refractivity contribution < 1.29 is 9.47 Å². The molecule has 2 aliphatic rings. The molecule has 1 heterocycles. The second-order valence-corrected chi connectivity index (χ2v) is 5.51. The SMILES string of the molecule is CC1OCCC1(CN)N(C)CCOCC1CC1. The molecule has 0 bridgehead atoms. The van der Waals surface area contributed by atoms with Gasteiger partial charge in [0.2, 0.25) is 0 Å². The van der Waals surface area contributed by atoms with Crippen LogP contribution in [0.5, 0.6) is 0 Å². The minimum absolute atomic E-state index is 0.0168. The molecular weight excluding hydrogens is 216 g/mol. The zero-order valence-corrected chi connectivity index (χ0v) is 11.2. The molecule has 17 heavy (non-hydrogen) atoms. The Kier molecular flexibility index (Phi) is 4.42. The third-order valence-electron chi connectivity index (χ3n) is 4.39. The summed E-state index contributed by atoms with van der Waals surface area (Å²) in [5.41, 5.74) is 5.98. The van der Waals surface area contributed by atoms with Gasteiger partial charge in [-0.1, -0.05) is 0 Å². The minimum Gasteiger partial charge on any atom is -0.380 e. The van der Waals surface area contributed by atoms with Crippen LogP contribution in [0.15, 0.2) is 0 Å². The molecule has 1 aliphatic heterocycles. The predicted octanol–water partition coefficient (Wildman–Crippen LogP) is 0.851. The van der Waals surface area contributed by atoms with Crippen molar-refractivity contribution in [3.05, 3.63) is 0 Å². The van der Waals surface area contributed by atoms with Crippen LogP contribution < -0.4 is 5.73 Å². The Labute approximate surface area is 104 Å². The molecule has 4 heteroatoms. The van der Waals surface area contributed by atoms with E-state index in [2.05, 4.69) is 18.9 Å². The molecule has 2 unspecified atom stereocenters. The summed E-state index contributed by atoms with van der Waals surface area (Å²) in [5, 5.41) is 0. The topological polar surface area (TPSA) is 47.7 Å². The molecule has 4 nitrogen and oxygen atoms in total. The van der Waals surface area contributed by atoms with Gasteiger partial charge in [0.1, 0.15) is 0 Å². The summed E-state index contributed by atoms with van der Waals surface area (Å²) in [5.74, 6) is 0.845. The first-order valence-corrected chi connectivity index (χ1v) is 6.79. The molecule has 0 aromatic carbocycles. The van der Waals surface area contributed by atoms with Gasteiger partial charge in [-0.15, -0.1) is 0 Å². The van der Waals surface area contributed by atoms with Crippen LogP contribution in [-0.2, 0) is 9.47 Å². The van der Waals surface area contributed by atoms with Gasteiger partial charge in [0.25, 0.3) is 0 Å². The quantitative estimate of drug-likeness (QED) is 0.672. The first-order valence-electron chi connectivity index (χ1n) is 6.79. The monoisotopic (exact) mass is 242 g/mol. The molecule has 0 radical (unpaired) electrons. The molecule has 2 atom stereocenters. The van der Waals surface area contributed by atoms with Gasteiger partial charge in [-0.05, 0) is 39.2 Å². The summed E-state index contributed by atoms with van der Waals surface area (Å²) < 4.78 is 11.4. The van der Waals surface area contributed by atoms with Crippen LogP contribution in [0.4, 0.5) is 0 Å². The van der Waals surface area contributed by atoms with Gasteiger partial charge in [-0.25, -0.2) is 0 Å².